The average Bonchev–Trinajstić information content (AvgIpc) is 2.41. The van der Waals surface area contributed by atoms with E-state index in [0.29, 0.717) is 5.56 Å². The molecule has 1 aliphatic rings. The van der Waals surface area contributed by atoms with Crippen LogP contribution in [-0.4, -0.2) is 12.3 Å². The Morgan fingerprint density at radius 3 is 2.83 bits per heavy atom. The van der Waals surface area contributed by atoms with Gasteiger partial charge in [-0.25, -0.2) is 0 Å². The Labute approximate surface area is 115 Å². The highest BCUT2D eigenvalue weighted by atomic mass is 79.9. The highest BCUT2D eigenvalue weighted by Gasteiger charge is 2.18. The first kappa shape index (κ1) is 12.8. The molecule has 18 heavy (non-hydrogen) atoms. The van der Waals surface area contributed by atoms with Crippen molar-refractivity contribution in [2.24, 2.45) is 0 Å². The maximum Gasteiger partial charge on any atom is 0.205 e. The Hall–Kier alpha value is -1.60. The van der Waals surface area contributed by atoms with Crippen LogP contribution in [0.1, 0.15) is 29.6 Å². The minimum Gasteiger partial charge on any atom is -0.387 e. The van der Waals surface area contributed by atoms with Crippen LogP contribution in [0.3, 0.4) is 0 Å². The topological polar surface area (TPSA) is 52.9 Å². The fourth-order valence-electron chi connectivity index (χ4n) is 2.00. The molecule has 0 saturated carbocycles. The summed E-state index contributed by atoms with van der Waals surface area (Å²) >= 11 is 3.33. The molecule has 0 unspecified atom stereocenters. The number of Topliss-reactive ketones (excluding diaryl/α,β-unsaturated/α-hetero) is 1. The highest BCUT2D eigenvalue weighted by Crippen LogP contribution is 2.20. The molecule has 0 bridgehead atoms. The molecule has 1 aliphatic heterocycles. The van der Waals surface area contributed by atoms with E-state index in [1.54, 1.807) is 18.2 Å². The number of hydrogen-bond acceptors (Lipinski definition) is 3. The number of benzene rings is 1. The van der Waals surface area contributed by atoms with Gasteiger partial charge in [0.15, 0.2) is 0 Å². The van der Waals surface area contributed by atoms with E-state index in [4.69, 9.17) is 0 Å². The van der Waals surface area contributed by atoms with Gasteiger partial charge in [-0.3, -0.25) is 4.79 Å². The molecule has 1 saturated heterocycles. The summed E-state index contributed by atoms with van der Waals surface area (Å²) in [5.41, 5.74) is 1.57. The first-order valence-electron chi connectivity index (χ1n) is 5.90. The molecule has 0 aromatic heterocycles. The molecular weight excluding hydrogens is 292 g/mol. The Balaban J connectivity index is 2.34. The van der Waals surface area contributed by atoms with Gasteiger partial charge in [0.05, 0.1) is 0 Å². The van der Waals surface area contributed by atoms with E-state index in [-0.39, 0.29) is 11.4 Å². The van der Waals surface area contributed by atoms with E-state index in [0.717, 1.165) is 36.0 Å². The number of piperidine rings is 1. The number of ketones is 1. The van der Waals surface area contributed by atoms with Crippen LogP contribution >= 0.6 is 15.9 Å². The van der Waals surface area contributed by atoms with Crippen molar-refractivity contribution >= 4 is 21.7 Å². The number of nitrogens with one attached hydrogen (secondary N) is 1. The summed E-state index contributed by atoms with van der Waals surface area (Å²) in [6, 6.07) is 9.16. The van der Waals surface area contributed by atoms with Gasteiger partial charge in [0.25, 0.3) is 0 Å². The Kier molecular flexibility index (Phi) is 4.16. The van der Waals surface area contributed by atoms with Crippen LogP contribution < -0.4 is 5.32 Å². The van der Waals surface area contributed by atoms with E-state index in [1.807, 2.05) is 12.1 Å². The lowest BCUT2D eigenvalue weighted by molar-refractivity contribution is 0.103. The lowest BCUT2D eigenvalue weighted by Gasteiger charge is -2.17. The number of nitriles is 1. The smallest absolute Gasteiger partial charge is 0.205 e. The molecule has 1 aromatic rings. The fraction of sp³-hybridized carbons (Fsp3) is 0.286. The largest absolute Gasteiger partial charge is 0.387 e. The predicted molar refractivity (Wildman–Crippen MR) is 73.0 cm³/mol. The van der Waals surface area contributed by atoms with Crippen molar-refractivity contribution in [2.45, 2.75) is 19.3 Å². The second-order valence-electron chi connectivity index (χ2n) is 4.19. The number of carbonyl (C=O) groups excluding carboxylic acids is 1. The summed E-state index contributed by atoms with van der Waals surface area (Å²) in [6.07, 6.45) is 2.90. The third kappa shape index (κ3) is 2.80. The van der Waals surface area contributed by atoms with Crippen molar-refractivity contribution < 1.29 is 4.79 Å². The van der Waals surface area contributed by atoms with Gasteiger partial charge < -0.3 is 5.32 Å². The zero-order chi connectivity index (χ0) is 13.0. The first-order valence-corrected chi connectivity index (χ1v) is 6.69. The van der Waals surface area contributed by atoms with Crippen LogP contribution in [0.5, 0.6) is 0 Å². The van der Waals surface area contributed by atoms with Gasteiger partial charge in [0.2, 0.25) is 5.78 Å². The molecule has 3 nitrogen and oxygen atoms in total. The average molecular weight is 305 g/mol. The second kappa shape index (κ2) is 5.83. The molecule has 1 aromatic carbocycles. The molecule has 1 N–H and O–H groups in total. The Bertz CT molecular complexity index is 535. The van der Waals surface area contributed by atoms with Gasteiger partial charge >= 0.3 is 0 Å². The quantitative estimate of drug-likeness (QED) is 0.519. The van der Waals surface area contributed by atoms with Gasteiger partial charge in [-0.1, -0.05) is 28.1 Å². The van der Waals surface area contributed by atoms with E-state index in [1.165, 1.54) is 0 Å². The van der Waals surface area contributed by atoms with Crippen LogP contribution in [0.15, 0.2) is 40.0 Å². The second-order valence-corrected chi connectivity index (χ2v) is 5.10. The predicted octanol–water partition coefficient (Wildman–Crippen LogP) is 3.18. The molecule has 0 atom stereocenters. The number of hydrogen-bond donors (Lipinski definition) is 1. The number of carbonyl (C=O) groups is 1. The standard InChI is InChI=1S/C14H13BrN2O/c15-11-5-3-4-10(8-11)14(18)12(9-16)13-6-1-2-7-17-13/h3-5,8,17H,1-2,6-7H2/b13-12+. The zero-order valence-electron chi connectivity index (χ0n) is 9.87. The lowest BCUT2D eigenvalue weighted by atomic mass is 9.98. The van der Waals surface area contributed by atoms with Crippen LogP contribution in [0.25, 0.3) is 0 Å². The first-order chi connectivity index (χ1) is 8.72. The van der Waals surface area contributed by atoms with Crippen molar-refractivity contribution in [1.29, 1.82) is 5.26 Å². The number of nitrogens with zero attached hydrogens (tertiary/aromatic N) is 1. The van der Waals surface area contributed by atoms with Gasteiger partial charge in [0, 0.05) is 22.3 Å². The van der Waals surface area contributed by atoms with Crippen LogP contribution in [0, 0.1) is 11.3 Å². The van der Waals surface area contributed by atoms with Gasteiger partial charge in [-0.05, 0) is 31.4 Å². The monoisotopic (exact) mass is 304 g/mol. The molecule has 92 valence electrons. The number of rotatable bonds is 2. The summed E-state index contributed by atoms with van der Waals surface area (Å²) in [4.78, 5) is 12.3. The molecule has 0 spiro atoms. The molecule has 2 rings (SSSR count). The Morgan fingerprint density at radius 2 is 2.22 bits per heavy atom. The van der Waals surface area contributed by atoms with Gasteiger partial charge in [-0.15, -0.1) is 0 Å². The SMILES string of the molecule is N#C/C(C(=O)c1cccc(Br)c1)=C1/CCCCN1. The van der Waals surface area contributed by atoms with Crippen molar-refractivity contribution in [3.63, 3.8) is 0 Å². The number of halogens is 1. The third-order valence-electron chi connectivity index (χ3n) is 2.92. The van der Waals surface area contributed by atoms with Crippen LogP contribution in [0.4, 0.5) is 0 Å². The van der Waals surface area contributed by atoms with Gasteiger partial charge in [-0.2, -0.15) is 5.26 Å². The van der Waals surface area contributed by atoms with E-state index in [9.17, 15) is 10.1 Å². The minimum atomic E-state index is -0.205. The maximum atomic E-state index is 12.3. The van der Waals surface area contributed by atoms with Gasteiger partial charge in [0.1, 0.15) is 11.6 Å². The maximum absolute atomic E-state index is 12.3. The summed E-state index contributed by atoms with van der Waals surface area (Å²) in [5.74, 6) is -0.205. The van der Waals surface area contributed by atoms with E-state index >= 15 is 0 Å². The lowest BCUT2D eigenvalue weighted by Crippen LogP contribution is -2.23. The van der Waals surface area contributed by atoms with E-state index in [2.05, 4.69) is 21.2 Å². The van der Waals surface area contributed by atoms with E-state index < -0.39 is 0 Å². The third-order valence-corrected chi connectivity index (χ3v) is 3.41. The molecule has 4 heteroatoms. The van der Waals surface area contributed by atoms with Crippen molar-refractivity contribution in [3.8, 4) is 6.07 Å². The molecule has 1 heterocycles. The molecule has 0 aliphatic carbocycles. The van der Waals surface area contributed by atoms with Crippen LogP contribution in [-0.2, 0) is 0 Å². The summed E-state index contributed by atoms with van der Waals surface area (Å²) < 4.78 is 0.840. The van der Waals surface area contributed by atoms with Crippen LogP contribution in [0.2, 0.25) is 0 Å². The highest BCUT2D eigenvalue weighted by molar-refractivity contribution is 9.10. The zero-order valence-corrected chi connectivity index (χ0v) is 11.5. The fourth-order valence-corrected chi connectivity index (χ4v) is 2.40. The van der Waals surface area contributed by atoms with Crippen molar-refractivity contribution in [1.82, 2.24) is 5.32 Å². The summed E-state index contributed by atoms with van der Waals surface area (Å²) in [5, 5.41) is 12.4. The normalized spacial score (nSPS) is 17.6. The molecular formula is C14H13BrN2O. The molecule has 0 amide bonds. The van der Waals surface area contributed by atoms with Crippen molar-refractivity contribution in [2.75, 3.05) is 6.54 Å². The summed E-state index contributed by atoms with van der Waals surface area (Å²) in [6.45, 7) is 0.840. The molecule has 1 fully saturated rings. The summed E-state index contributed by atoms with van der Waals surface area (Å²) in [7, 11) is 0. The Morgan fingerprint density at radius 1 is 1.39 bits per heavy atom. The van der Waals surface area contributed by atoms with Crippen molar-refractivity contribution in [3.05, 3.63) is 45.6 Å². The number of allylic oxidation sites excluding steroid dienone is 2. The minimum absolute atomic E-state index is 0.205. The molecule has 0 radical (unpaired) electrons.